The predicted molar refractivity (Wildman–Crippen MR) is 156 cm³/mol. The Morgan fingerprint density at radius 3 is 2.22 bits per heavy atom. The zero-order valence-electron chi connectivity index (χ0n) is 26.0. The quantitative estimate of drug-likeness (QED) is 0.262. The minimum absolute atomic E-state index is 0.00618. The summed E-state index contributed by atoms with van der Waals surface area (Å²) in [6, 6.07) is 3.24. The second kappa shape index (κ2) is 9.88. The topological polar surface area (TPSA) is 31.4 Å². The first-order valence-corrected chi connectivity index (χ1v) is 18.0. The second-order valence-electron chi connectivity index (χ2n) is 15.1. The van der Waals surface area contributed by atoms with Gasteiger partial charge in [0.25, 0.3) is 0 Å². The Labute approximate surface area is 243 Å². The lowest BCUT2D eigenvalue weighted by atomic mass is 9.70. The molecule has 0 bridgehead atoms. The maximum atomic E-state index is 14.9. The minimum Gasteiger partial charge on any atom is -0.559 e. The van der Waals surface area contributed by atoms with Crippen LogP contribution >= 0.6 is 0 Å². The average molecular weight is 592 g/mol. The summed E-state index contributed by atoms with van der Waals surface area (Å²) in [7, 11) is -2.18. The highest BCUT2D eigenvalue weighted by Crippen LogP contribution is 2.60. The number of halogens is 4. The van der Waals surface area contributed by atoms with Crippen molar-refractivity contribution < 1.29 is 26.7 Å². The van der Waals surface area contributed by atoms with Crippen molar-refractivity contribution in [2.75, 3.05) is 0 Å². The van der Waals surface area contributed by atoms with E-state index in [1.54, 1.807) is 0 Å². The lowest BCUT2D eigenvalue weighted by Gasteiger charge is -2.53. The van der Waals surface area contributed by atoms with E-state index in [0.29, 0.717) is 5.56 Å². The van der Waals surface area contributed by atoms with E-state index in [2.05, 4.69) is 61.6 Å². The Bertz CT molecular complexity index is 1340. The molecule has 1 saturated carbocycles. The smallest absolute Gasteiger partial charge is 0.419 e. The van der Waals surface area contributed by atoms with Crippen LogP contribution in [0.5, 0.6) is 0 Å². The first-order chi connectivity index (χ1) is 18.8. The van der Waals surface area contributed by atoms with Crippen molar-refractivity contribution in [3.8, 4) is 0 Å². The Balaban J connectivity index is 1.77. The highest BCUT2D eigenvalue weighted by Gasteiger charge is 2.53. The summed E-state index contributed by atoms with van der Waals surface area (Å²) in [4.78, 5) is 5.31. The number of nitrogens with zero attached hydrogens (tertiary/aromatic N) is 1. The number of rotatable bonds is 4. The monoisotopic (exact) mass is 591 g/mol. The average Bonchev–Trinajstić information content (AvgIpc) is 3.41. The van der Waals surface area contributed by atoms with E-state index in [4.69, 9.17) is 14.1 Å². The third kappa shape index (κ3) is 5.31. The molecule has 1 aromatic heterocycles. The first kappa shape index (κ1) is 30.7. The number of hydrogen-bond acceptors (Lipinski definition) is 3. The molecule has 0 saturated heterocycles. The summed E-state index contributed by atoms with van der Waals surface area (Å²) < 4.78 is 69.4. The van der Waals surface area contributed by atoms with E-state index in [9.17, 15) is 17.6 Å². The fourth-order valence-corrected chi connectivity index (χ4v) is 8.21. The zero-order chi connectivity index (χ0) is 30.3. The van der Waals surface area contributed by atoms with Crippen molar-refractivity contribution in [3.63, 3.8) is 0 Å². The van der Waals surface area contributed by atoms with Gasteiger partial charge >= 0.3 is 6.18 Å². The maximum Gasteiger partial charge on any atom is 0.419 e. The van der Waals surface area contributed by atoms with Crippen LogP contribution in [-0.4, -0.2) is 13.3 Å². The largest absolute Gasteiger partial charge is 0.559 e. The third-order valence-electron chi connectivity index (χ3n) is 9.95. The van der Waals surface area contributed by atoms with Crippen LogP contribution in [0.3, 0.4) is 0 Å². The summed E-state index contributed by atoms with van der Waals surface area (Å²) in [6.07, 6.45) is -0.260. The van der Waals surface area contributed by atoms with Crippen LogP contribution in [0.25, 0.3) is 0 Å². The van der Waals surface area contributed by atoms with Gasteiger partial charge in [0.05, 0.1) is 11.2 Å². The number of alkyl halides is 3. The first-order valence-electron chi connectivity index (χ1n) is 15.1. The van der Waals surface area contributed by atoms with Crippen molar-refractivity contribution in [1.82, 2.24) is 4.98 Å². The van der Waals surface area contributed by atoms with Crippen molar-refractivity contribution in [2.24, 2.45) is 5.41 Å². The normalized spacial score (nSPS) is 23.8. The fraction of sp³-hybridized carbons (Fsp3) is 0.667. The summed E-state index contributed by atoms with van der Waals surface area (Å²) in [6.45, 7) is 20.0. The Morgan fingerprint density at radius 2 is 1.68 bits per heavy atom. The highest BCUT2D eigenvalue weighted by molar-refractivity contribution is 6.74. The summed E-state index contributed by atoms with van der Waals surface area (Å²) in [5, 5.41) is 0.0189. The van der Waals surface area contributed by atoms with Crippen LogP contribution in [0.2, 0.25) is 18.1 Å². The summed E-state index contributed by atoms with van der Waals surface area (Å²) in [5.41, 5.74) is 3.70. The molecule has 0 radical (unpaired) electrons. The van der Waals surface area contributed by atoms with Gasteiger partial charge in [-0.15, -0.1) is 18.1 Å². The van der Waals surface area contributed by atoms with E-state index in [1.165, 1.54) is 6.07 Å². The van der Waals surface area contributed by atoms with E-state index >= 15 is 0 Å². The number of fused-ring (bicyclic) bond motifs is 4. The van der Waals surface area contributed by atoms with Crippen molar-refractivity contribution >= 4 is 8.32 Å². The predicted octanol–water partition coefficient (Wildman–Crippen LogP) is 10.3. The molecule has 41 heavy (non-hydrogen) atoms. The molecule has 2 aromatic rings. The van der Waals surface area contributed by atoms with Crippen LogP contribution in [0.4, 0.5) is 17.6 Å². The van der Waals surface area contributed by atoms with Crippen LogP contribution in [-0.2, 0) is 27.4 Å². The van der Waals surface area contributed by atoms with Crippen LogP contribution < -0.4 is 0 Å². The van der Waals surface area contributed by atoms with E-state index in [-0.39, 0.29) is 22.5 Å². The lowest BCUT2D eigenvalue weighted by Crippen LogP contribution is -2.44. The van der Waals surface area contributed by atoms with Gasteiger partial charge in [0.1, 0.15) is 11.9 Å². The maximum absolute atomic E-state index is 14.9. The van der Waals surface area contributed by atoms with Gasteiger partial charge in [-0.25, -0.2) is 4.39 Å². The Hall–Kier alpha value is -1.77. The molecule has 1 aliphatic heterocycles. The van der Waals surface area contributed by atoms with Gasteiger partial charge in [0.15, 0.2) is 0 Å². The van der Waals surface area contributed by atoms with Gasteiger partial charge < -0.3 is 9.16 Å². The molecule has 3 nitrogen and oxygen atoms in total. The van der Waals surface area contributed by atoms with Gasteiger partial charge in [-0.05, 0) is 68.6 Å². The molecular weight excluding hydrogens is 546 g/mol. The van der Waals surface area contributed by atoms with Crippen LogP contribution in [0.15, 0.2) is 18.2 Å². The number of hydrogen-bond donors (Lipinski definition) is 0. The fourth-order valence-electron chi connectivity index (χ4n) is 6.94. The molecular formula is C33H45F4NO2Si-. The van der Waals surface area contributed by atoms with Gasteiger partial charge in [-0.1, -0.05) is 67.4 Å². The van der Waals surface area contributed by atoms with E-state index < -0.39 is 37.6 Å². The SMILES string of the molecule is CC(C)c1nc2c(c3c1[C@@H](c1ccc(C(F)(F)F)c(F)c1)OC31CCCC1)[C@@H](O[Si-](C)(C)C(C)(C)C)CC(C)(C)C2. The molecule has 1 aromatic carbocycles. The zero-order valence-corrected chi connectivity index (χ0v) is 27.0. The molecule has 8 heteroatoms. The van der Waals surface area contributed by atoms with Gasteiger partial charge in [-0.3, -0.25) is 4.98 Å². The van der Waals surface area contributed by atoms with E-state index in [1.807, 2.05) is 0 Å². The Kier molecular flexibility index (Phi) is 7.39. The van der Waals surface area contributed by atoms with Crippen LogP contribution in [0, 0.1) is 11.2 Å². The standard InChI is InChI=1S/C33H45F4NO2Si/c1-19(2)28-26-27(25-23(38-28)17-31(6,7)18-24(25)40-41(8,9)30(3,4)5)32(14-10-11-15-32)39-29(26)20-12-13-21(22(34)16-20)33(35,36)37/h12-13,16,19,24,29H,10-11,14-15,17-18H2,1-9H3/q-1/t24-,29+/m0/s1. The molecule has 0 N–H and O–H groups in total. The molecule has 1 fully saturated rings. The number of ether oxygens (including phenoxy) is 1. The van der Waals surface area contributed by atoms with E-state index in [0.717, 1.165) is 78.7 Å². The minimum atomic E-state index is -4.76. The van der Waals surface area contributed by atoms with Gasteiger partial charge in [0.2, 0.25) is 0 Å². The number of benzene rings is 1. The molecule has 3 aliphatic rings. The molecule has 1 spiro atoms. The summed E-state index contributed by atoms with van der Waals surface area (Å²) >= 11 is 0. The molecule has 0 unspecified atom stereocenters. The molecule has 2 atom stereocenters. The summed E-state index contributed by atoms with van der Waals surface area (Å²) in [5.74, 6) is -1.22. The van der Waals surface area contributed by atoms with Gasteiger partial charge in [0, 0.05) is 28.6 Å². The molecule has 227 valence electrons. The molecule has 0 amide bonds. The molecule has 5 rings (SSSR count). The van der Waals surface area contributed by atoms with Crippen LogP contribution in [0.1, 0.15) is 138 Å². The lowest BCUT2D eigenvalue weighted by molar-refractivity contribution is -0.140. The molecule has 2 heterocycles. The number of pyridine rings is 1. The second-order valence-corrected chi connectivity index (χ2v) is 19.9. The number of aromatic nitrogens is 1. The molecule has 2 aliphatic carbocycles. The Morgan fingerprint density at radius 1 is 1.05 bits per heavy atom. The third-order valence-corrected chi connectivity index (χ3v) is 14.4. The van der Waals surface area contributed by atoms with Crippen molar-refractivity contribution in [1.29, 1.82) is 0 Å². The van der Waals surface area contributed by atoms with Crippen molar-refractivity contribution in [2.45, 2.75) is 135 Å². The van der Waals surface area contributed by atoms with Gasteiger partial charge in [-0.2, -0.15) is 13.2 Å². The highest BCUT2D eigenvalue weighted by atomic mass is 28.4. The van der Waals surface area contributed by atoms with Crippen molar-refractivity contribution in [3.05, 3.63) is 63.2 Å².